The normalized spacial score (nSPS) is 18.1. The number of hydrogen-bond donors (Lipinski definition) is 4. The Kier molecular flexibility index (Phi) is 12.2. The van der Waals surface area contributed by atoms with Crippen molar-refractivity contribution >= 4 is 23.9 Å². The molecule has 3 unspecified atom stereocenters. The first-order valence-electron chi connectivity index (χ1n) is 13.1. The van der Waals surface area contributed by atoms with Crippen LogP contribution in [0.3, 0.4) is 0 Å². The third-order valence-electron chi connectivity index (χ3n) is 6.72. The van der Waals surface area contributed by atoms with Crippen molar-refractivity contribution in [3.63, 3.8) is 0 Å². The predicted octanol–water partition coefficient (Wildman–Crippen LogP) is -0.149. The Hall–Kier alpha value is -3.80. The zero-order chi connectivity index (χ0) is 29.8. The number of benzene rings is 2. The molecule has 3 rings (SSSR count). The number of carbonyl (C=O) groups is 4. The van der Waals surface area contributed by atoms with Crippen molar-refractivity contribution in [2.75, 3.05) is 32.8 Å². The molecule has 4 N–H and O–H groups in total. The second kappa shape index (κ2) is 15.1. The first-order chi connectivity index (χ1) is 19.0. The molecule has 1 aliphatic heterocycles. The van der Waals surface area contributed by atoms with Crippen LogP contribution in [0.15, 0.2) is 60.7 Å². The molecule has 1 saturated heterocycles. The number of ether oxygens (including phenoxy) is 2. The summed E-state index contributed by atoms with van der Waals surface area (Å²) in [5.41, 5.74) is -2.43. The number of rotatable bonds is 13. The molecule has 3 atom stereocenters. The van der Waals surface area contributed by atoms with Crippen LogP contribution in [-0.4, -0.2) is 77.6 Å². The summed E-state index contributed by atoms with van der Waals surface area (Å²) in [7, 11) is 0. The fourth-order valence-corrected chi connectivity index (χ4v) is 4.67. The molecule has 0 spiro atoms. The van der Waals surface area contributed by atoms with Crippen molar-refractivity contribution < 1.29 is 54.0 Å². The molecule has 0 amide bonds. The highest BCUT2D eigenvalue weighted by molar-refractivity contribution is 5.87. The van der Waals surface area contributed by atoms with Crippen molar-refractivity contribution in [3.05, 3.63) is 71.8 Å². The summed E-state index contributed by atoms with van der Waals surface area (Å²) < 4.78 is 12.0. The van der Waals surface area contributed by atoms with Gasteiger partial charge in [-0.2, -0.15) is 0 Å². The number of quaternary nitrogens is 1. The van der Waals surface area contributed by atoms with Gasteiger partial charge in [-0.25, -0.2) is 9.59 Å². The molecule has 1 fully saturated rings. The van der Waals surface area contributed by atoms with Gasteiger partial charge in [0.1, 0.15) is 0 Å². The number of esters is 1. The van der Waals surface area contributed by atoms with Gasteiger partial charge in [0.2, 0.25) is 5.60 Å². The summed E-state index contributed by atoms with van der Waals surface area (Å²) in [6, 6.07) is 19.3. The largest absolute Gasteiger partial charge is 0.550 e. The molecule has 2 aromatic carbocycles. The molecule has 1 heterocycles. The molecular formula is C29H37NO10. The van der Waals surface area contributed by atoms with Gasteiger partial charge in [0.15, 0.2) is 5.60 Å². The number of aliphatic carboxylic acids is 3. The molecule has 11 nitrogen and oxygen atoms in total. The summed E-state index contributed by atoms with van der Waals surface area (Å²) in [4.78, 5) is 45.3. The molecule has 0 bridgehead atoms. The average molecular weight is 560 g/mol. The van der Waals surface area contributed by atoms with E-state index in [4.69, 9.17) is 24.8 Å². The van der Waals surface area contributed by atoms with E-state index in [1.807, 2.05) is 67.6 Å². The van der Waals surface area contributed by atoms with E-state index in [0.717, 1.165) is 37.2 Å². The lowest BCUT2D eigenvalue weighted by molar-refractivity contribution is -0.887. The van der Waals surface area contributed by atoms with E-state index in [1.165, 1.54) is 0 Å². The molecule has 0 radical (unpaired) electrons. The minimum atomic E-state index is -2.80. The minimum Gasteiger partial charge on any atom is -0.550 e. The van der Waals surface area contributed by atoms with Crippen molar-refractivity contribution in [2.24, 2.45) is 5.92 Å². The molecular weight excluding hydrogens is 522 g/mol. The molecule has 1 aliphatic rings. The Morgan fingerprint density at radius 2 is 1.50 bits per heavy atom. The van der Waals surface area contributed by atoms with Gasteiger partial charge in [-0.05, 0) is 25.0 Å². The van der Waals surface area contributed by atoms with E-state index in [9.17, 15) is 24.3 Å². The lowest BCUT2D eigenvalue weighted by Gasteiger charge is -2.32. The molecule has 40 heavy (non-hydrogen) atoms. The third-order valence-corrected chi connectivity index (χ3v) is 6.72. The van der Waals surface area contributed by atoms with Crippen LogP contribution >= 0.6 is 0 Å². The first-order valence-corrected chi connectivity index (χ1v) is 13.1. The highest BCUT2D eigenvalue weighted by Gasteiger charge is 2.45. The number of carboxylic acid groups (broad SMARTS) is 3. The van der Waals surface area contributed by atoms with Crippen LogP contribution in [0, 0.1) is 5.92 Å². The van der Waals surface area contributed by atoms with E-state index >= 15 is 0 Å². The van der Waals surface area contributed by atoms with Crippen LogP contribution in [0.2, 0.25) is 0 Å². The molecule has 2 aromatic rings. The SMILES string of the molecule is CCOC(C(=O)OCC1CC[NH+](CC)C1)(c1ccccc1)c1ccccc1.O=C([O-])CC(O)(CC(=O)O)C(=O)O. The molecule has 218 valence electrons. The fraction of sp³-hybridized carbons (Fsp3) is 0.448. The molecule has 0 aromatic heterocycles. The Morgan fingerprint density at radius 3 is 1.90 bits per heavy atom. The van der Waals surface area contributed by atoms with Gasteiger partial charge >= 0.3 is 17.9 Å². The third kappa shape index (κ3) is 8.60. The summed E-state index contributed by atoms with van der Waals surface area (Å²) in [6.45, 7) is 8.34. The number of carbonyl (C=O) groups excluding carboxylic acids is 2. The van der Waals surface area contributed by atoms with Gasteiger partial charge in [-0.15, -0.1) is 0 Å². The predicted molar refractivity (Wildman–Crippen MR) is 140 cm³/mol. The van der Waals surface area contributed by atoms with Gasteiger partial charge in [0.05, 0.1) is 32.7 Å². The number of hydrogen-bond acceptors (Lipinski definition) is 8. The highest BCUT2D eigenvalue weighted by Crippen LogP contribution is 2.35. The summed E-state index contributed by atoms with van der Waals surface area (Å²) >= 11 is 0. The van der Waals surface area contributed by atoms with Crippen LogP contribution < -0.4 is 10.0 Å². The van der Waals surface area contributed by atoms with Crippen LogP contribution in [0.4, 0.5) is 0 Å². The van der Waals surface area contributed by atoms with Crippen LogP contribution in [-0.2, 0) is 34.3 Å². The van der Waals surface area contributed by atoms with Crippen molar-refractivity contribution in [3.8, 4) is 0 Å². The van der Waals surface area contributed by atoms with E-state index in [2.05, 4.69) is 6.92 Å². The number of nitrogens with one attached hydrogen (secondary N) is 1. The first kappa shape index (κ1) is 32.4. The Morgan fingerprint density at radius 1 is 0.950 bits per heavy atom. The van der Waals surface area contributed by atoms with E-state index in [-0.39, 0.29) is 5.97 Å². The van der Waals surface area contributed by atoms with Crippen LogP contribution in [0.1, 0.15) is 44.2 Å². The second-order valence-electron chi connectivity index (χ2n) is 9.61. The Labute approximate surface area is 233 Å². The number of aliphatic hydroxyl groups is 1. The maximum Gasteiger partial charge on any atom is 0.347 e. The lowest BCUT2D eigenvalue weighted by atomic mass is 9.86. The van der Waals surface area contributed by atoms with Gasteiger partial charge in [0, 0.05) is 31.3 Å². The molecule has 0 aliphatic carbocycles. The zero-order valence-corrected chi connectivity index (χ0v) is 22.7. The lowest BCUT2D eigenvalue weighted by Crippen LogP contribution is -3.09. The summed E-state index contributed by atoms with van der Waals surface area (Å²) in [5, 5.41) is 35.5. The number of likely N-dealkylation sites (tertiary alicyclic amines) is 1. The smallest absolute Gasteiger partial charge is 0.347 e. The number of carboxylic acids is 3. The van der Waals surface area contributed by atoms with Gasteiger partial charge in [-0.1, -0.05) is 60.7 Å². The maximum atomic E-state index is 13.4. The Bertz CT molecular complexity index is 1070. The summed E-state index contributed by atoms with van der Waals surface area (Å²) in [5.74, 6) is -5.24. The average Bonchev–Trinajstić information content (AvgIpc) is 3.39. The van der Waals surface area contributed by atoms with Crippen LogP contribution in [0.5, 0.6) is 0 Å². The van der Waals surface area contributed by atoms with Gasteiger partial charge in [-0.3, -0.25) is 4.79 Å². The van der Waals surface area contributed by atoms with Crippen molar-refractivity contribution in [2.45, 2.75) is 44.3 Å². The fourth-order valence-electron chi connectivity index (χ4n) is 4.67. The standard InChI is InChI=1S/C23H29NO3.C6H8O7/c1-3-24-16-15-19(17-24)18-26-22(25)23(27-4-2,20-11-7-5-8-12-20)21-13-9-6-10-14-21;7-3(8)1-6(13,5(11)12)2-4(9)10/h5-14,19H,3-4,15-18H2,1-2H3;13H,1-2H2,(H,7,8)(H,9,10)(H,11,12). The van der Waals surface area contributed by atoms with Crippen LogP contribution in [0.25, 0.3) is 0 Å². The van der Waals surface area contributed by atoms with Gasteiger partial charge < -0.3 is 39.6 Å². The minimum absolute atomic E-state index is 0.327. The molecule has 0 saturated carbocycles. The van der Waals surface area contributed by atoms with Crippen molar-refractivity contribution in [1.82, 2.24) is 0 Å². The van der Waals surface area contributed by atoms with E-state index < -0.39 is 42.0 Å². The molecule has 11 heteroatoms. The monoisotopic (exact) mass is 559 g/mol. The quantitative estimate of drug-likeness (QED) is 0.242. The zero-order valence-electron chi connectivity index (χ0n) is 22.7. The van der Waals surface area contributed by atoms with Gasteiger partial charge in [0.25, 0.3) is 0 Å². The maximum absolute atomic E-state index is 13.4. The summed E-state index contributed by atoms with van der Waals surface area (Å²) in [6.07, 6.45) is -1.33. The van der Waals surface area contributed by atoms with Crippen molar-refractivity contribution in [1.29, 1.82) is 0 Å². The van der Waals surface area contributed by atoms with E-state index in [0.29, 0.717) is 19.1 Å². The van der Waals surface area contributed by atoms with E-state index in [1.54, 1.807) is 4.90 Å². The second-order valence-corrected chi connectivity index (χ2v) is 9.61. The topological polar surface area (TPSA) is 175 Å². The highest BCUT2D eigenvalue weighted by atomic mass is 16.6. The Balaban J connectivity index is 0.000000366.